The summed E-state index contributed by atoms with van der Waals surface area (Å²) in [5.41, 5.74) is 1.53. The van der Waals surface area contributed by atoms with Gasteiger partial charge in [-0.05, 0) is 36.9 Å². The van der Waals surface area contributed by atoms with Gasteiger partial charge in [0.15, 0.2) is 11.5 Å². The van der Waals surface area contributed by atoms with Gasteiger partial charge in [-0.15, -0.1) is 0 Å². The smallest absolute Gasteiger partial charge is 0.325 e. The molecule has 6 rings (SSSR count). The number of para-hydroxylation sites is 1. The van der Waals surface area contributed by atoms with Gasteiger partial charge in [-0.25, -0.2) is 0 Å². The van der Waals surface area contributed by atoms with Crippen molar-refractivity contribution in [2.45, 2.75) is 25.0 Å². The minimum Gasteiger partial charge on any atom is -0.456 e. The van der Waals surface area contributed by atoms with E-state index in [2.05, 4.69) is 30.9 Å². The summed E-state index contributed by atoms with van der Waals surface area (Å²) in [6, 6.07) is 18.1. The van der Waals surface area contributed by atoms with Crippen molar-refractivity contribution in [2.75, 3.05) is 84.4 Å². The lowest BCUT2D eigenvalue weighted by molar-refractivity contribution is -0.136. The van der Waals surface area contributed by atoms with Gasteiger partial charge in [-0.1, -0.05) is 42.5 Å². The Morgan fingerprint density at radius 3 is 2.16 bits per heavy atom. The number of anilines is 1. The molecule has 44 heavy (non-hydrogen) atoms. The van der Waals surface area contributed by atoms with Crippen LogP contribution in [0.2, 0.25) is 0 Å². The second-order valence-corrected chi connectivity index (χ2v) is 11.7. The molecular weight excluding hydrogens is 562 g/mol. The van der Waals surface area contributed by atoms with E-state index in [0.717, 1.165) is 22.0 Å². The second-order valence-electron chi connectivity index (χ2n) is 11.7. The summed E-state index contributed by atoms with van der Waals surface area (Å²) in [5, 5.41) is 1.84. The van der Waals surface area contributed by atoms with E-state index in [4.69, 9.17) is 33.4 Å². The number of hydrogen-bond acceptors (Lipinski definition) is 10. The van der Waals surface area contributed by atoms with Crippen LogP contribution in [0.4, 0.5) is 11.4 Å². The molecule has 1 saturated heterocycles. The first-order valence-corrected chi connectivity index (χ1v) is 15.3. The third-order valence-electron chi connectivity index (χ3n) is 8.70. The minimum absolute atomic E-state index is 0.0621. The molecule has 1 atom stereocenters. The topological polar surface area (TPSA) is 91.3 Å². The zero-order valence-corrected chi connectivity index (χ0v) is 25.8. The van der Waals surface area contributed by atoms with Gasteiger partial charge < -0.3 is 33.3 Å². The van der Waals surface area contributed by atoms with Crippen LogP contribution in [0.25, 0.3) is 10.8 Å². The van der Waals surface area contributed by atoms with Crippen molar-refractivity contribution < 1.29 is 33.2 Å². The van der Waals surface area contributed by atoms with E-state index in [1.54, 1.807) is 0 Å². The molecule has 3 aliphatic rings. The number of fused-ring (bicyclic) bond motifs is 4. The lowest BCUT2D eigenvalue weighted by Gasteiger charge is -2.45. The standard InChI is InChI=1S/C34H41N3O7/c1-33(2)27-10-6-7-11-28(27)36(3)34(33)24-35-31-26-9-5-4-8-25(26)22-29(32(31)44-34)43-30(38)23-37-12-14-39-16-18-41-20-21-42-19-17-40-15-13-37/h4-11,22,24H,12-21,23H2,1-3H3. The molecule has 3 heterocycles. The molecule has 1 spiro atoms. The van der Waals surface area contributed by atoms with E-state index in [-0.39, 0.29) is 6.54 Å². The van der Waals surface area contributed by atoms with Gasteiger partial charge in [0, 0.05) is 31.2 Å². The number of aliphatic imine (C=N–C) groups is 1. The van der Waals surface area contributed by atoms with E-state index in [9.17, 15) is 4.79 Å². The summed E-state index contributed by atoms with van der Waals surface area (Å²) >= 11 is 0. The first kappa shape index (κ1) is 30.5. The molecule has 10 nitrogen and oxygen atoms in total. The highest BCUT2D eigenvalue weighted by atomic mass is 16.6. The number of nitrogens with zero attached hydrogens (tertiary/aromatic N) is 3. The van der Waals surface area contributed by atoms with Crippen molar-refractivity contribution >= 4 is 34.3 Å². The van der Waals surface area contributed by atoms with Gasteiger partial charge in [0.1, 0.15) is 5.69 Å². The summed E-state index contributed by atoms with van der Waals surface area (Å²) in [6.07, 6.45) is 1.90. The number of benzene rings is 3. The van der Waals surface area contributed by atoms with Crippen molar-refractivity contribution in [3.63, 3.8) is 0 Å². The summed E-state index contributed by atoms with van der Waals surface area (Å²) < 4.78 is 35.6. The van der Waals surface area contributed by atoms with Crippen LogP contribution in [0.1, 0.15) is 19.4 Å². The van der Waals surface area contributed by atoms with Gasteiger partial charge in [-0.2, -0.15) is 0 Å². The van der Waals surface area contributed by atoms with Gasteiger partial charge in [0.05, 0.1) is 71.0 Å². The molecule has 0 amide bonds. The van der Waals surface area contributed by atoms with E-state index < -0.39 is 17.1 Å². The van der Waals surface area contributed by atoms with Crippen LogP contribution >= 0.6 is 0 Å². The quantitative estimate of drug-likeness (QED) is 0.320. The number of ether oxygens (including phenoxy) is 6. The Balaban J connectivity index is 1.25. The molecule has 3 aliphatic heterocycles. The molecule has 0 saturated carbocycles. The molecule has 3 aromatic rings. The lowest BCUT2D eigenvalue weighted by atomic mass is 9.77. The highest BCUT2D eigenvalue weighted by Gasteiger charge is 2.59. The van der Waals surface area contributed by atoms with E-state index in [0.29, 0.717) is 83.1 Å². The van der Waals surface area contributed by atoms with Crippen LogP contribution in [0.5, 0.6) is 11.5 Å². The number of likely N-dealkylation sites (N-methyl/N-ethyl adjacent to an activating group) is 1. The Kier molecular flexibility index (Phi) is 9.16. The van der Waals surface area contributed by atoms with Crippen LogP contribution in [0, 0.1) is 0 Å². The van der Waals surface area contributed by atoms with E-state index in [1.165, 1.54) is 0 Å². The van der Waals surface area contributed by atoms with Crippen molar-refractivity contribution in [3.8, 4) is 11.5 Å². The Morgan fingerprint density at radius 1 is 0.864 bits per heavy atom. The molecule has 0 N–H and O–H groups in total. The molecule has 3 aromatic carbocycles. The number of carbonyl (C=O) groups is 1. The maximum Gasteiger partial charge on any atom is 0.325 e. The predicted molar refractivity (Wildman–Crippen MR) is 169 cm³/mol. The molecule has 0 aromatic heterocycles. The molecular formula is C34H41N3O7. The zero-order chi connectivity index (χ0) is 30.6. The summed E-state index contributed by atoms with van der Waals surface area (Å²) in [6.45, 7) is 9.39. The Hall–Kier alpha value is -3.54. The normalized spacial score (nSPS) is 22.9. The predicted octanol–water partition coefficient (Wildman–Crippen LogP) is 4.35. The third kappa shape index (κ3) is 5.92. The highest BCUT2D eigenvalue weighted by Crippen LogP contribution is 2.56. The zero-order valence-electron chi connectivity index (χ0n) is 25.8. The van der Waals surface area contributed by atoms with Gasteiger partial charge in [-0.3, -0.25) is 14.7 Å². The van der Waals surface area contributed by atoms with Gasteiger partial charge in [0.2, 0.25) is 5.72 Å². The van der Waals surface area contributed by atoms with Gasteiger partial charge >= 0.3 is 5.97 Å². The molecule has 0 bridgehead atoms. The highest BCUT2D eigenvalue weighted by molar-refractivity contribution is 6.02. The first-order valence-electron chi connectivity index (χ1n) is 15.3. The third-order valence-corrected chi connectivity index (χ3v) is 8.70. The Morgan fingerprint density at radius 2 is 1.48 bits per heavy atom. The van der Waals surface area contributed by atoms with Crippen molar-refractivity contribution in [3.05, 3.63) is 60.2 Å². The van der Waals surface area contributed by atoms with Crippen LogP contribution in [-0.2, 0) is 29.2 Å². The number of hydrogen-bond donors (Lipinski definition) is 0. The lowest BCUT2D eigenvalue weighted by Crippen LogP contribution is -2.61. The average molecular weight is 604 g/mol. The summed E-state index contributed by atoms with van der Waals surface area (Å²) in [4.78, 5) is 22.6. The number of rotatable bonds is 3. The maximum atomic E-state index is 13.5. The second kappa shape index (κ2) is 13.2. The summed E-state index contributed by atoms with van der Waals surface area (Å²) in [5.74, 6) is 0.401. The first-order chi connectivity index (χ1) is 21.4. The molecule has 10 heteroatoms. The molecule has 0 aliphatic carbocycles. The van der Waals surface area contributed by atoms with Crippen LogP contribution < -0.4 is 14.4 Å². The average Bonchev–Trinajstić information content (AvgIpc) is 3.18. The largest absolute Gasteiger partial charge is 0.456 e. The maximum absolute atomic E-state index is 13.5. The van der Waals surface area contributed by atoms with Crippen LogP contribution in [-0.4, -0.2) is 102 Å². The van der Waals surface area contributed by atoms with Crippen molar-refractivity contribution in [1.82, 2.24) is 4.90 Å². The fraction of sp³-hybridized carbons (Fsp3) is 0.471. The monoisotopic (exact) mass is 603 g/mol. The van der Waals surface area contributed by atoms with E-state index >= 15 is 0 Å². The van der Waals surface area contributed by atoms with Crippen LogP contribution in [0.15, 0.2) is 59.6 Å². The van der Waals surface area contributed by atoms with Crippen LogP contribution in [0.3, 0.4) is 0 Å². The summed E-state index contributed by atoms with van der Waals surface area (Å²) in [7, 11) is 2.02. The Bertz CT molecular complexity index is 1490. The van der Waals surface area contributed by atoms with Crippen molar-refractivity contribution in [2.24, 2.45) is 4.99 Å². The molecule has 234 valence electrons. The fourth-order valence-electron chi connectivity index (χ4n) is 6.21. The Labute approximate surface area is 258 Å². The number of carbonyl (C=O) groups excluding carboxylic acids is 1. The fourth-order valence-corrected chi connectivity index (χ4v) is 6.21. The SMILES string of the molecule is CN1c2ccccc2C(C)(C)C12C=Nc1c(c(OC(=O)CN3CCOCCOCCOCCOCC3)cc3ccccc13)O2. The van der Waals surface area contributed by atoms with E-state index in [1.807, 2.05) is 60.6 Å². The minimum atomic E-state index is -0.914. The number of esters is 1. The molecule has 1 unspecified atom stereocenters. The van der Waals surface area contributed by atoms with Crippen molar-refractivity contribution in [1.29, 1.82) is 0 Å². The van der Waals surface area contributed by atoms with Gasteiger partial charge in [0.25, 0.3) is 0 Å². The molecule has 0 radical (unpaired) electrons. The molecule has 1 fully saturated rings.